The monoisotopic (exact) mass is 425 g/mol. The van der Waals surface area contributed by atoms with Gasteiger partial charge in [-0.3, -0.25) is 25.0 Å². The number of aryl methyl sites for hydroxylation is 1. The number of nitrogens with one attached hydrogen (secondary N) is 1. The molecule has 12 heteroatoms. The van der Waals surface area contributed by atoms with Crippen molar-refractivity contribution >= 4 is 11.6 Å². The number of nitro groups is 1. The van der Waals surface area contributed by atoms with Crippen LogP contribution in [0.5, 0.6) is 0 Å². The lowest BCUT2D eigenvalue weighted by Gasteiger charge is -2.33. The standard InChI is InChI=1S/C18H18F3N5O4/c1-10-8-17(28,18(19,20)21)25(22-10)16(27)14-6-4-13(5-7-14)9-24-12(3)15(26(29)30)11(2)23-24/h4-8,22,28H,9H2,1-3H3. The Morgan fingerprint density at radius 1 is 1.27 bits per heavy atom. The number of carbonyl (C=O) groups excluding carboxylic acids is 1. The van der Waals surface area contributed by atoms with E-state index in [4.69, 9.17) is 0 Å². The van der Waals surface area contributed by atoms with Gasteiger partial charge in [0.2, 0.25) is 0 Å². The van der Waals surface area contributed by atoms with E-state index in [0.29, 0.717) is 17.3 Å². The third-order valence-electron chi connectivity index (χ3n) is 4.73. The van der Waals surface area contributed by atoms with Crippen molar-refractivity contribution in [1.82, 2.24) is 20.2 Å². The predicted octanol–water partition coefficient (Wildman–Crippen LogP) is 2.57. The van der Waals surface area contributed by atoms with Gasteiger partial charge in [0.05, 0.1) is 11.5 Å². The third-order valence-corrected chi connectivity index (χ3v) is 4.73. The van der Waals surface area contributed by atoms with Crippen LogP contribution in [0.25, 0.3) is 0 Å². The SMILES string of the molecule is CC1=CC(O)(C(F)(F)F)N(C(=O)c2ccc(Cn3nc(C)c([N+](=O)[O-])c3C)cc2)N1. The Morgan fingerprint density at radius 3 is 2.37 bits per heavy atom. The first-order chi connectivity index (χ1) is 13.8. The van der Waals surface area contributed by atoms with Crippen LogP contribution in [0, 0.1) is 24.0 Å². The van der Waals surface area contributed by atoms with Crippen LogP contribution in [0.2, 0.25) is 0 Å². The van der Waals surface area contributed by atoms with Crippen LogP contribution < -0.4 is 5.43 Å². The fourth-order valence-corrected chi connectivity index (χ4v) is 3.23. The number of aliphatic hydroxyl groups is 1. The molecule has 0 radical (unpaired) electrons. The van der Waals surface area contributed by atoms with E-state index in [1.807, 2.05) is 0 Å². The molecule has 0 spiro atoms. The quantitative estimate of drug-likeness (QED) is 0.575. The van der Waals surface area contributed by atoms with Gasteiger partial charge in [-0.2, -0.15) is 18.3 Å². The van der Waals surface area contributed by atoms with Crippen molar-refractivity contribution in [2.45, 2.75) is 39.2 Å². The molecule has 30 heavy (non-hydrogen) atoms. The maximum atomic E-state index is 13.3. The number of carbonyl (C=O) groups is 1. The van der Waals surface area contributed by atoms with Gasteiger partial charge in [-0.1, -0.05) is 12.1 Å². The summed E-state index contributed by atoms with van der Waals surface area (Å²) in [7, 11) is 0. The van der Waals surface area contributed by atoms with Gasteiger partial charge in [-0.05, 0) is 44.5 Å². The second-order valence-corrected chi connectivity index (χ2v) is 6.93. The van der Waals surface area contributed by atoms with Crippen LogP contribution in [0.1, 0.15) is 34.2 Å². The molecule has 160 valence electrons. The number of benzene rings is 1. The van der Waals surface area contributed by atoms with Crippen LogP contribution in [0.3, 0.4) is 0 Å². The molecule has 0 saturated heterocycles. The van der Waals surface area contributed by atoms with E-state index in [1.165, 1.54) is 42.8 Å². The Labute approximate surface area is 168 Å². The van der Waals surface area contributed by atoms with Crippen LogP contribution in [-0.2, 0) is 6.54 Å². The molecule has 2 aromatic rings. The van der Waals surface area contributed by atoms with Gasteiger partial charge in [0.1, 0.15) is 11.4 Å². The number of aromatic nitrogens is 2. The van der Waals surface area contributed by atoms with E-state index in [-0.39, 0.29) is 34.2 Å². The van der Waals surface area contributed by atoms with Gasteiger partial charge >= 0.3 is 11.9 Å². The van der Waals surface area contributed by atoms with Crippen LogP contribution in [-0.4, -0.2) is 42.6 Å². The molecule has 1 unspecified atom stereocenters. The molecule has 3 rings (SSSR count). The minimum Gasteiger partial charge on any atom is -0.359 e. The van der Waals surface area contributed by atoms with E-state index in [0.717, 1.165) is 0 Å². The molecule has 1 aliphatic heterocycles. The normalized spacial score (nSPS) is 18.9. The van der Waals surface area contributed by atoms with Gasteiger partial charge in [-0.15, -0.1) is 0 Å². The number of hydrogen-bond donors (Lipinski definition) is 2. The summed E-state index contributed by atoms with van der Waals surface area (Å²) in [6.07, 6.45) is -4.58. The molecule has 0 saturated carbocycles. The molecule has 0 aliphatic carbocycles. The number of rotatable bonds is 4. The molecule has 2 heterocycles. The summed E-state index contributed by atoms with van der Waals surface area (Å²) in [4.78, 5) is 23.2. The van der Waals surface area contributed by atoms with E-state index < -0.39 is 22.7 Å². The summed E-state index contributed by atoms with van der Waals surface area (Å²) in [5, 5.41) is 25.4. The first-order valence-corrected chi connectivity index (χ1v) is 8.72. The van der Waals surface area contributed by atoms with Crippen molar-refractivity contribution in [2.24, 2.45) is 0 Å². The Morgan fingerprint density at radius 2 is 1.87 bits per heavy atom. The molecular weight excluding hydrogens is 407 g/mol. The van der Waals surface area contributed by atoms with Crippen molar-refractivity contribution in [3.05, 3.63) is 68.7 Å². The fourth-order valence-electron chi connectivity index (χ4n) is 3.23. The lowest BCUT2D eigenvalue weighted by atomic mass is 10.1. The highest BCUT2D eigenvalue weighted by Crippen LogP contribution is 2.38. The number of alkyl halides is 3. The number of hydrogen-bond acceptors (Lipinski definition) is 6. The summed E-state index contributed by atoms with van der Waals surface area (Å²) in [6.45, 7) is 4.54. The summed E-state index contributed by atoms with van der Waals surface area (Å²) in [5.41, 5.74) is -0.184. The minimum absolute atomic E-state index is 0.0223. The Kier molecular flexibility index (Phi) is 5.06. The second kappa shape index (κ2) is 7.13. The van der Waals surface area contributed by atoms with Crippen molar-refractivity contribution in [2.75, 3.05) is 0 Å². The number of allylic oxidation sites excluding steroid dienone is 1. The molecule has 1 aliphatic rings. The van der Waals surface area contributed by atoms with E-state index in [9.17, 15) is 33.2 Å². The summed E-state index contributed by atoms with van der Waals surface area (Å²) in [6, 6.07) is 5.62. The second-order valence-electron chi connectivity index (χ2n) is 6.93. The van der Waals surface area contributed by atoms with E-state index in [1.54, 1.807) is 6.92 Å². The summed E-state index contributed by atoms with van der Waals surface area (Å²) in [5.74, 6) is -1.07. The zero-order valence-electron chi connectivity index (χ0n) is 16.2. The van der Waals surface area contributed by atoms with Crippen molar-refractivity contribution < 1.29 is 28.0 Å². The number of nitrogens with zero attached hydrogens (tertiary/aromatic N) is 4. The van der Waals surface area contributed by atoms with Gasteiger partial charge in [-0.25, -0.2) is 5.01 Å². The maximum absolute atomic E-state index is 13.3. The first-order valence-electron chi connectivity index (χ1n) is 8.72. The highest BCUT2D eigenvalue weighted by Gasteiger charge is 2.61. The molecule has 1 aromatic heterocycles. The average molecular weight is 425 g/mol. The zero-order chi connectivity index (χ0) is 22.4. The Bertz CT molecular complexity index is 1050. The van der Waals surface area contributed by atoms with Crippen LogP contribution in [0.15, 0.2) is 36.0 Å². The van der Waals surface area contributed by atoms with Gasteiger partial charge in [0.15, 0.2) is 0 Å². The van der Waals surface area contributed by atoms with Gasteiger partial charge in [0.25, 0.3) is 11.6 Å². The predicted molar refractivity (Wildman–Crippen MR) is 98.0 cm³/mol. The van der Waals surface area contributed by atoms with Crippen LogP contribution in [0.4, 0.5) is 18.9 Å². The van der Waals surface area contributed by atoms with Crippen molar-refractivity contribution in [3.8, 4) is 0 Å². The Balaban J connectivity index is 1.82. The molecule has 1 amide bonds. The molecule has 0 bridgehead atoms. The van der Waals surface area contributed by atoms with Crippen molar-refractivity contribution in [3.63, 3.8) is 0 Å². The number of halogens is 3. The van der Waals surface area contributed by atoms with Crippen LogP contribution >= 0.6 is 0 Å². The molecule has 1 atom stereocenters. The Hall–Kier alpha value is -3.41. The highest BCUT2D eigenvalue weighted by atomic mass is 19.4. The smallest absolute Gasteiger partial charge is 0.359 e. The fraction of sp³-hybridized carbons (Fsp3) is 0.333. The molecule has 2 N–H and O–H groups in total. The lowest BCUT2D eigenvalue weighted by molar-refractivity contribution is -0.386. The summed E-state index contributed by atoms with van der Waals surface area (Å²) >= 11 is 0. The highest BCUT2D eigenvalue weighted by molar-refractivity contribution is 5.95. The maximum Gasteiger partial charge on any atom is 0.442 e. The topological polar surface area (TPSA) is 114 Å². The minimum atomic E-state index is -5.10. The molecule has 1 aromatic carbocycles. The lowest BCUT2D eigenvalue weighted by Crippen LogP contribution is -2.60. The number of amides is 1. The first kappa shape index (κ1) is 21.3. The van der Waals surface area contributed by atoms with E-state index in [2.05, 4.69) is 10.5 Å². The zero-order valence-corrected chi connectivity index (χ0v) is 16.2. The third kappa shape index (κ3) is 3.49. The molecular formula is C18H18F3N5O4. The van der Waals surface area contributed by atoms with E-state index >= 15 is 0 Å². The largest absolute Gasteiger partial charge is 0.442 e. The van der Waals surface area contributed by atoms with Crippen molar-refractivity contribution in [1.29, 1.82) is 0 Å². The number of hydrazine groups is 1. The van der Waals surface area contributed by atoms with Gasteiger partial charge < -0.3 is 5.11 Å². The summed E-state index contributed by atoms with van der Waals surface area (Å²) < 4.78 is 41.3. The molecule has 9 nitrogen and oxygen atoms in total. The average Bonchev–Trinajstić information content (AvgIpc) is 3.10. The molecule has 0 fully saturated rings. The van der Waals surface area contributed by atoms with Gasteiger partial charge in [0, 0.05) is 11.3 Å².